The van der Waals surface area contributed by atoms with Crippen LogP contribution in [0.1, 0.15) is 29.7 Å². The number of pyridine rings is 1. The lowest BCUT2D eigenvalue weighted by Gasteiger charge is -2.20. The number of carboxylic acid groups (broad SMARTS) is 1. The molecule has 1 N–H and O–H groups in total. The largest absolute Gasteiger partial charge is 0.481 e. The lowest BCUT2D eigenvalue weighted by atomic mass is 9.88. The van der Waals surface area contributed by atoms with Gasteiger partial charge in [0.1, 0.15) is 0 Å². The topological polar surface area (TPSA) is 50.2 Å². The van der Waals surface area contributed by atoms with E-state index in [-0.39, 0.29) is 6.42 Å². The second kappa shape index (κ2) is 4.82. The number of halogens is 1. The van der Waals surface area contributed by atoms with Gasteiger partial charge in [0.25, 0.3) is 0 Å². The van der Waals surface area contributed by atoms with E-state index in [1.54, 1.807) is 6.07 Å². The summed E-state index contributed by atoms with van der Waals surface area (Å²) >= 11 is 6.04. The Balaban J connectivity index is 2.30. The van der Waals surface area contributed by atoms with Gasteiger partial charge in [0.05, 0.1) is 11.9 Å². The molecule has 0 atom stereocenters. The fourth-order valence-electron chi connectivity index (χ4n) is 2.85. The van der Waals surface area contributed by atoms with Crippen LogP contribution in [-0.4, -0.2) is 16.1 Å². The first-order valence-corrected chi connectivity index (χ1v) is 6.84. The number of rotatable bonds is 2. The predicted molar refractivity (Wildman–Crippen MR) is 74.7 cm³/mol. The normalized spacial score (nSPS) is 14.4. The molecule has 2 aromatic rings. The summed E-state index contributed by atoms with van der Waals surface area (Å²) in [6.45, 7) is 0. The maximum Gasteiger partial charge on any atom is 0.307 e. The molecule has 1 aliphatic rings. The lowest BCUT2D eigenvalue weighted by Crippen LogP contribution is -2.12. The van der Waals surface area contributed by atoms with Gasteiger partial charge in [0.2, 0.25) is 0 Å². The van der Waals surface area contributed by atoms with Crippen LogP contribution in [0.4, 0.5) is 0 Å². The molecule has 4 heteroatoms. The maximum atomic E-state index is 11.1. The molecule has 1 aromatic carbocycles. The third-order valence-electron chi connectivity index (χ3n) is 3.67. The number of nitrogens with zero attached hydrogens (tertiary/aromatic N) is 1. The van der Waals surface area contributed by atoms with Crippen LogP contribution in [0.25, 0.3) is 10.9 Å². The van der Waals surface area contributed by atoms with E-state index >= 15 is 0 Å². The SMILES string of the molecule is O=C(O)Cc1c2c(nc3ccc(Cl)cc13)CCCC2. The number of hydrogen-bond acceptors (Lipinski definition) is 2. The van der Waals surface area contributed by atoms with Gasteiger partial charge in [-0.15, -0.1) is 0 Å². The summed E-state index contributed by atoms with van der Waals surface area (Å²) in [6, 6.07) is 5.51. The summed E-state index contributed by atoms with van der Waals surface area (Å²) in [6.07, 6.45) is 4.15. The molecule has 0 saturated carbocycles. The summed E-state index contributed by atoms with van der Waals surface area (Å²) in [4.78, 5) is 15.8. The van der Waals surface area contributed by atoms with Crippen LogP contribution in [0, 0.1) is 0 Å². The molecule has 3 rings (SSSR count). The van der Waals surface area contributed by atoms with Crippen molar-refractivity contribution in [2.24, 2.45) is 0 Å². The van der Waals surface area contributed by atoms with Gasteiger partial charge in [-0.3, -0.25) is 9.78 Å². The van der Waals surface area contributed by atoms with Gasteiger partial charge < -0.3 is 5.11 Å². The summed E-state index contributed by atoms with van der Waals surface area (Å²) in [5.41, 5.74) is 3.94. The third-order valence-corrected chi connectivity index (χ3v) is 3.91. The molecule has 19 heavy (non-hydrogen) atoms. The minimum absolute atomic E-state index is 0.0433. The Bertz CT molecular complexity index is 667. The van der Waals surface area contributed by atoms with E-state index in [4.69, 9.17) is 16.7 Å². The van der Waals surface area contributed by atoms with Crippen molar-refractivity contribution < 1.29 is 9.90 Å². The van der Waals surface area contributed by atoms with Crippen LogP contribution in [0.5, 0.6) is 0 Å². The average Bonchev–Trinajstić information content (AvgIpc) is 2.39. The first kappa shape index (κ1) is 12.4. The van der Waals surface area contributed by atoms with Gasteiger partial charge in [-0.25, -0.2) is 0 Å². The summed E-state index contributed by atoms with van der Waals surface area (Å²) in [5, 5.41) is 10.7. The third kappa shape index (κ3) is 2.30. The number of hydrogen-bond donors (Lipinski definition) is 1. The van der Waals surface area contributed by atoms with E-state index < -0.39 is 5.97 Å². The first-order chi connectivity index (χ1) is 9.15. The molecule has 0 unspecified atom stereocenters. The number of aromatic nitrogens is 1. The molecule has 0 saturated heterocycles. The van der Waals surface area contributed by atoms with Crippen molar-refractivity contribution in [2.75, 3.05) is 0 Å². The standard InChI is InChI=1S/C15H14ClNO2/c16-9-5-6-14-12(7-9)11(8-15(18)19)10-3-1-2-4-13(10)17-14/h5-7H,1-4,8H2,(H,18,19). The Morgan fingerprint density at radius 2 is 2.11 bits per heavy atom. The highest BCUT2D eigenvalue weighted by Crippen LogP contribution is 2.31. The van der Waals surface area contributed by atoms with Crippen molar-refractivity contribution in [3.05, 3.63) is 40.0 Å². The van der Waals surface area contributed by atoms with Crippen LogP contribution in [0.2, 0.25) is 5.02 Å². The number of carbonyl (C=O) groups is 1. The number of aliphatic carboxylic acids is 1. The predicted octanol–water partition coefficient (Wildman–Crippen LogP) is 3.39. The Hall–Kier alpha value is -1.61. The minimum atomic E-state index is -0.805. The van der Waals surface area contributed by atoms with Crippen LogP contribution in [0.3, 0.4) is 0 Å². The fraction of sp³-hybridized carbons (Fsp3) is 0.333. The van der Waals surface area contributed by atoms with E-state index in [1.165, 1.54) is 0 Å². The van der Waals surface area contributed by atoms with Gasteiger partial charge in [-0.2, -0.15) is 0 Å². The van der Waals surface area contributed by atoms with Crippen molar-refractivity contribution in [2.45, 2.75) is 32.1 Å². The summed E-state index contributed by atoms with van der Waals surface area (Å²) in [5.74, 6) is -0.805. The Morgan fingerprint density at radius 1 is 1.32 bits per heavy atom. The molecular formula is C15H14ClNO2. The molecule has 0 fully saturated rings. The van der Waals surface area contributed by atoms with Gasteiger partial charge in [0.15, 0.2) is 0 Å². The summed E-state index contributed by atoms with van der Waals surface area (Å²) in [7, 11) is 0. The highest BCUT2D eigenvalue weighted by atomic mass is 35.5. The van der Waals surface area contributed by atoms with Crippen LogP contribution < -0.4 is 0 Å². The van der Waals surface area contributed by atoms with Gasteiger partial charge in [-0.1, -0.05) is 11.6 Å². The number of aryl methyl sites for hydroxylation is 1. The van der Waals surface area contributed by atoms with Gasteiger partial charge >= 0.3 is 5.97 Å². The van der Waals surface area contributed by atoms with Crippen molar-refractivity contribution in [1.82, 2.24) is 4.98 Å². The molecule has 0 radical (unpaired) electrons. The van der Waals surface area contributed by atoms with E-state index in [0.717, 1.165) is 53.4 Å². The lowest BCUT2D eigenvalue weighted by molar-refractivity contribution is -0.136. The van der Waals surface area contributed by atoms with Crippen molar-refractivity contribution in [3.8, 4) is 0 Å². The zero-order chi connectivity index (χ0) is 13.4. The highest BCUT2D eigenvalue weighted by molar-refractivity contribution is 6.31. The summed E-state index contributed by atoms with van der Waals surface area (Å²) < 4.78 is 0. The maximum absolute atomic E-state index is 11.1. The minimum Gasteiger partial charge on any atom is -0.481 e. The second-order valence-electron chi connectivity index (χ2n) is 4.95. The zero-order valence-corrected chi connectivity index (χ0v) is 11.2. The molecule has 0 aliphatic heterocycles. The number of benzene rings is 1. The quantitative estimate of drug-likeness (QED) is 0.914. The Labute approximate surface area is 116 Å². The number of fused-ring (bicyclic) bond motifs is 2. The van der Waals surface area contributed by atoms with E-state index in [1.807, 2.05) is 12.1 Å². The van der Waals surface area contributed by atoms with E-state index in [9.17, 15) is 4.79 Å². The first-order valence-electron chi connectivity index (χ1n) is 6.47. The monoisotopic (exact) mass is 275 g/mol. The molecule has 3 nitrogen and oxygen atoms in total. The van der Waals surface area contributed by atoms with Crippen molar-refractivity contribution in [1.29, 1.82) is 0 Å². The average molecular weight is 276 g/mol. The van der Waals surface area contributed by atoms with Crippen molar-refractivity contribution in [3.63, 3.8) is 0 Å². The van der Waals surface area contributed by atoms with E-state index in [2.05, 4.69) is 4.98 Å². The van der Waals surface area contributed by atoms with Crippen molar-refractivity contribution >= 4 is 28.5 Å². The molecule has 0 amide bonds. The number of carboxylic acids is 1. The molecule has 1 aromatic heterocycles. The smallest absolute Gasteiger partial charge is 0.307 e. The highest BCUT2D eigenvalue weighted by Gasteiger charge is 2.19. The molecule has 1 heterocycles. The molecule has 1 aliphatic carbocycles. The molecule has 0 spiro atoms. The van der Waals surface area contributed by atoms with Gasteiger partial charge in [0, 0.05) is 16.1 Å². The van der Waals surface area contributed by atoms with E-state index in [0.29, 0.717) is 5.02 Å². The second-order valence-corrected chi connectivity index (χ2v) is 5.39. The van der Waals surface area contributed by atoms with Crippen LogP contribution >= 0.6 is 11.6 Å². The molecule has 98 valence electrons. The fourth-order valence-corrected chi connectivity index (χ4v) is 3.02. The Morgan fingerprint density at radius 3 is 2.89 bits per heavy atom. The van der Waals surface area contributed by atoms with Crippen LogP contribution in [0.15, 0.2) is 18.2 Å². The van der Waals surface area contributed by atoms with Crippen LogP contribution in [-0.2, 0) is 24.1 Å². The molecular weight excluding hydrogens is 262 g/mol. The molecule has 0 bridgehead atoms. The zero-order valence-electron chi connectivity index (χ0n) is 10.4. The Kier molecular flexibility index (Phi) is 3.15. The van der Waals surface area contributed by atoms with Gasteiger partial charge in [-0.05, 0) is 55.0 Å².